The summed E-state index contributed by atoms with van der Waals surface area (Å²) >= 11 is 0. The van der Waals surface area contributed by atoms with Gasteiger partial charge in [0.15, 0.2) is 5.82 Å². The minimum absolute atomic E-state index is 0.245. The van der Waals surface area contributed by atoms with Gasteiger partial charge in [-0.05, 0) is 18.9 Å². The monoisotopic (exact) mass is 488 g/mol. The van der Waals surface area contributed by atoms with E-state index in [1.807, 2.05) is 18.2 Å². The van der Waals surface area contributed by atoms with Crippen molar-refractivity contribution >= 4 is 5.82 Å². The van der Waals surface area contributed by atoms with Crippen LogP contribution in [0.5, 0.6) is 0 Å². The number of β-amino-alcohol motifs (C(OH)–C–C–N with tert-alkyl or cyclic N) is 1. The number of rotatable bonds is 11. The van der Waals surface area contributed by atoms with Gasteiger partial charge in [-0.25, -0.2) is 9.97 Å². The van der Waals surface area contributed by atoms with Gasteiger partial charge in [-0.2, -0.15) is 0 Å². The molecule has 6 heteroatoms. The lowest BCUT2D eigenvalue weighted by molar-refractivity contribution is 0.100. The number of ether oxygens (including phenoxy) is 1. The predicted molar refractivity (Wildman–Crippen MR) is 146 cm³/mol. The maximum absolute atomic E-state index is 10.4. The molecule has 0 amide bonds. The molecule has 1 aromatic heterocycles. The molecule has 3 aromatic rings. The van der Waals surface area contributed by atoms with Crippen molar-refractivity contribution in [2.24, 2.45) is 0 Å². The van der Waals surface area contributed by atoms with Gasteiger partial charge in [-0.1, -0.05) is 79.9 Å². The third kappa shape index (κ3) is 6.90. The van der Waals surface area contributed by atoms with E-state index >= 15 is 0 Å². The number of hydrogen-bond donors (Lipinski definition) is 1. The van der Waals surface area contributed by atoms with Crippen LogP contribution < -0.4 is 4.90 Å². The number of anilines is 1. The van der Waals surface area contributed by atoms with E-state index in [0.717, 1.165) is 86.9 Å². The van der Waals surface area contributed by atoms with Gasteiger partial charge in [0.25, 0.3) is 0 Å². The first kappa shape index (κ1) is 26.3. The highest BCUT2D eigenvalue weighted by Gasteiger charge is 2.25. The fourth-order valence-corrected chi connectivity index (χ4v) is 4.81. The number of unbranched alkanes of at least 4 members (excludes halogenated alkanes) is 1. The largest absolute Gasteiger partial charge is 0.392 e. The van der Waals surface area contributed by atoms with Crippen molar-refractivity contribution < 1.29 is 9.84 Å². The van der Waals surface area contributed by atoms with Crippen LogP contribution in [0.15, 0.2) is 54.6 Å². The Bertz CT molecular complexity index is 1080. The molecule has 1 aliphatic heterocycles. The molecule has 0 aliphatic carbocycles. The molecular weight excluding hydrogens is 448 g/mol. The van der Waals surface area contributed by atoms with Crippen molar-refractivity contribution in [2.75, 3.05) is 44.7 Å². The Morgan fingerprint density at radius 2 is 1.69 bits per heavy atom. The van der Waals surface area contributed by atoms with E-state index in [9.17, 15) is 5.11 Å². The van der Waals surface area contributed by atoms with Crippen LogP contribution in [0.3, 0.4) is 0 Å². The number of methoxy groups -OCH3 is 1. The zero-order chi connectivity index (χ0) is 25.3. The highest BCUT2D eigenvalue weighted by molar-refractivity contribution is 5.61. The number of aryl methyl sites for hydroxylation is 1. The maximum Gasteiger partial charge on any atom is 0.161 e. The van der Waals surface area contributed by atoms with Crippen LogP contribution in [-0.4, -0.2) is 65.9 Å². The normalized spacial score (nSPS) is 15.3. The second-order valence-electron chi connectivity index (χ2n) is 9.84. The first-order chi connectivity index (χ1) is 17.6. The van der Waals surface area contributed by atoms with Gasteiger partial charge in [-0.3, -0.25) is 4.90 Å². The molecule has 1 unspecified atom stereocenters. The summed E-state index contributed by atoms with van der Waals surface area (Å²) in [5, 5.41) is 10.4. The van der Waals surface area contributed by atoms with E-state index in [1.165, 1.54) is 11.1 Å². The second kappa shape index (κ2) is 12.9. The van der Waals surface area contributed by atoms with Gasteiger partial charge >= 0.3 is 0 Å². The summed E-state index contributed by atoms with van der Waals surface area (Å²) in [7, 11) is 1.72. The highest BCUT2D eigenvalue weighted by Crippen LogP contribution is 2.29. The summed E-state index contributed by atoms with van der Waals surface area (Å²) in [4.78, 5) is 14.9. The lowest BCUT2D eigenvalue weighted by Gasteiger charge is -2.37. The molecule has 6 nitrogen and oxygen atoms in total. The van der Waals surface area contributed by atoms with Crippen LogP contribution in [0, 0.1) is 6.92 Å². The Morgan fingerprint density at radius 3 is 2.36 bits per heavy atom. The Hall–Kier alpha value is -2.80. The Morgan fingerprint density at radius 1 is 0.972 bits per heavy atom. The fourth-order valence-electron chi connectivity index (χ4n) is 4.81. The number of aliphatic hydroxyl groups excluding tert-OH is 1. The number of nitrogens with zero attached hydrogens (tertiary/aromatic N) is 4. The molecule has 1 saturated heterocycles. The quantitative estimate of drug-likeness (QED) is 0.416. The maximum atomic E-state index is 10.4. The first-order valence-electron chi connectivity index (χ1n) is 13.2. The molecule has 4 rings (SSSR count). The minimum atomic E-state index is -0.245. The molecule has 1 N–H and O–H groups in total. The summed E-state index contributed by atoms with van der Waals surface area (Å²) in [6, 6.07) is 18.9. The third-order valence-electron chi connectivity index (χ3n) is 6.92. The third-order valence-corrected chi connectivity index (χ3v) is 6.92. The number of aliphatic hydroxyl groups is 1. The van der Waals surface area contributed by atoms with Gasteiger partial charge in [0, 0.05) is 57.4 Å². The van der Waals surface area contributed by atoms with Crippen molar-refractivity contribution in [2.45, 2.75) is 52.2 Å². The van der Waals surface area contributed by atoms with Crippen molar-refractivity contribution in [3.63, 3.8) is 0 Å². The van der Waals surface area contributed by atoms with Crippen LogP contribution >= 0.6 is 0 Å². The van der Waals surface area contributed by atoms with Crippen LogP contribution in [0.2, 0.25) is 0 Å². The minimum Gasteiger partial charge on any atom is -0.392 e. The van der Waals surface area contributed by atoms with Crippen molar-refractivity contribution in [3.8, 4) is 11.4 Å². The van der Waals surface area contributed by atoms with E-state index < -0.39 is 0 Å². The average molecular weight is 489 g/mol. The van der Waals surface area contributed by atoms with Crippen LogP contribution in [-0.2, 0) is 17.8 Å². The molecule has 1 fully saturated rings. The number of aromatic nitrogens is 2. The Balaban J connectivity index is 1.63. The van der Waals surface area contributed by atoms with E-state index in [1.54, 1.807) is 7.11 Å². The molecule has 36 heavy (non-hydrogen) atoms. The molecule has 0 saturated carbocycles. The molecule has 0 radical (unpaired) electrons. The van der Waals surface area contributed by atoms with E-state index in [0.29, 0.717) is 6.61 Å². The second-order valence-corrected chi connectivity index (χ2v) is 9.84. The van der Waals surface area contributed by atoms with Gasteiger partial charge in [-0.15, -0.1) is 0 Å². The van der Waals surface area contributed by atoms with Crippen LogP contribution in [0.25, 0.3) is 11.4 Å². The van der Waals surface area contributed by atoms with Crippen LogP contribution in [0.1, 0.15) is 48.6 Å². The van der Waals surface area contributed by atoms with E-state index in [-0.39, 0.29) is 6.10 Å². The van der Waals surface area contributed by atoms with Gasteiger partial charge in [0.1, 0.15) is 5.82 Å². The van der Waals surface area contributed by atoms with E-state index in [4.69, 9.17) is 14.7 Å². The Kier molecular flexibility index (Phi) is 9.45. The number of benzene rings is 2. The summed E-state index contributed by atoms with van der Waals surface area (Å²) in [5.74, 6) is 1.74. The molecular formula is C30H40N4O2. The summed E-state index contributed by atoms with van der Waals surface area (Å²) < 4.78 is 5.61. The van der Waals surface area contributed by atoms with E-state index in [2.05, 4.69) is 60.0 Å². The standard InChI is InChI=1S/C30H40N4O2/c1-4-5-11-26(35)21-33-16-18-34(19-17-33)30-27(20-24-14-12-23(2)13-15-24)28(22-36-3)31-29(32-30)25-9-7-6-8-10-25/h6-10,12-15,26,35H,4-5,11,16-22H2,1-3H3. The van der Waals surface area contributed by atoms with Gasteiger partial charge < -0.3 is 14.7 Å². The molecule has 192 valence electrons. The number of piperazine rings is 1. The van der Waals surface area contributed by atoms with Crippen molar-refractivity contribution in [1.29, 1.82) is 0 Å². The van der Waals surface area contributed by atoms with Crippen molar-refractivity contribution in [3.05, 3.63) is 77.0 Å². The molecule has 1 atom stereocenters. The van der Waals surface area contributed by atoms with Gasteiger partial charge in [0.05, 0.1) is 18.4 Å². The lowest BCUT2D eigenvalue weighted by atomic mass is 10.0. The predicted octanol–water partition coefficient (Wildman–Crippen LogP) is 4.86. The summed E-state index contributed by atoms with van der Waals surface area (Å²) in [6.07, 6.45) is 3.60. The molecule has 0 spiro atoms. The van der Waals surface area contributed by atoms with Crippen molar-refractivity contribution in [1.82, 2.24) is 14.9 Å². The molecule has 2 heterocycles. The topological polar surface area (TPSA) is 61.7 Å². The first-order valence-corrected chi connectivity index (χ1v) is 13.2. The molecule has 2 aromatic carbocycles. The average Bonchev–Trinajstić information content (AvgIpc) is 2.90. The SMILES string of the molecule is CCCCC(O)CN1CCN(c2nc(-c3ccccc3)nc(COC)c2Cc2ccc(C)cc2)CC1. The zero-order valence-corrected chi connectivity index (χ0v) is 22.0. The highest BCUT2D eigenvalue weighted by atomic mass is 16.5. The smallest absolute Gasteiger partial charge is 0.161 e. The number of hydrogen-bond acceptors (Lipinski definition) is 6. The lowest BCUT2D eigenvalue weighted by Crippen LogP contribution is -2.49. The van der Waals surface area contributed by atoms with Crippen LogP contribution in [0.4, 0.5) is 5.82 Å². The molecule has 0 bridgehead atoms. The summed E-state index contributed by atoms with van der Waals surface area (Å²) in [6.45, 7) is 9.05. The summed E-state index contributed by atoms with van der Waals surface area (Å²) in [5.41, 5.74) is 5.59. The molecule has 1 aliphatic rings. The zero-order valence-electron chi connectivity index (χ0n) is 22.0. The Labute approximate surface area is 216 Å². The fraction of sp³-hybridized carbons (Fsp3) is 0.467. The van der Waals surface area contributed by atoms with Gasteiger partial charge in [0.2, 0.25) is 0 Å².